The van der Waals surface area contributed by atoms with Crippen molar-refractivity contribution in [2.24, 2.45) is 0 Å². The van der Waals surface area contributed by atoms with Crippen molar-refractivity contribution in [3.63, 3.8) is 0 Å². The Hall–Kier alpha value is -1.14. The summed E-state index contributed by atoms with van der Waals surface area (Å²) in [5.41, 5.74) is -0.696. The summed E-state index contributed by atoms with van der Waals surface area (Å²) in [4.78, 5) is 23.1. The van der Waals surface area contributed by atoms with Gasteiger partial charge in [0.1, 0.15) is 0 Å². The van der Waals surface area contributed by atoms with Gasteiger partial charge in [0.15, 0.2) is 12.2 Å². The van der Waals surface area contributed by atoms with Gasteiger partial charge in [0.2, 0.25) is 0 Å². The topological polar surface area (TPSA) is 83.3 Å². The van der Waals surface area contributed by atoms with Crippen LogP contribution in [0.2, 0.25) is 0 Å². The minimum atomic E-state index is -0.362. The summed E-state index contributed by atoms with van der Waals surface area (Å²) in [6.45, 7) is 8.26. The van der Waals surface area contributed by atoms with E-state index >= 15 is 0 Å². The SMILES string of the molecule is CC1(C)OC1C(=O)NCCNC(=O)C1OC1(C)C. The van der Waals surface area contributed by atoms with Crippen LogP contribution in [-0.2, 0) is 19.1 Å². The van der Waals surface area contributed by atoms with Crippen molar-refractivity contribution in [2.45, 2.75) is 51.1 Å². The Balaban J connectivity index is 1.57. The van der Waals surface area contributed by atoms with Gasteiger partial charge in [-0.1, -0.05) is 0 Å². The van der Waals surface area contributed by atoms with Gasteiger partial charge in [-0.3, -0.25) is 9.59 Å². The Morgan fingerprint density at radius 3 is 1.39 bits per heavy atom. The molecule has 6 nitrogen and oxygen atoms in total. The lowest BCUT2D eigenvalue weighted by Gasteiger charge is -2.05. The van der Waals surface area contributed by atoms with Crippen molar-refractivity contribution >= 4 is 11.8 Å². The van der Waals surface area contributed by atoms with Gasteiger partial charge in [-0.15, -0.1) is 0 Å². The first-order valence-electron chi connectivity index (χ1n) is 6.15. The molecular weight excluding hydrogens is 236 g/mol. The Morgan fingerprint density at radius 1 is 0.889 bits per heavy atom. The molecule has 2 saturated heterocycles. The van der Waals surface area contributed by atoms with Crippen LogP contribution in [0.4, 0.5) is 0 Å². The molecule has 18 heavy (non-hydrogen) atoms. The van der Waals surface area contributed by atoms with Crippen molar-refractivity contribution in [1.82, 2.24) is 10.6 Å². The van der Waals surface area contributed by atoms with Crippen molar-refractivity contribution in [2.75, 3.05) is 13.1 Å². The van der Waals surface area contributed by atoms with Gasteiger partial charge < -0.3 is 20.1 Å². The average molecular weight is 256 g/mol. The highest BCUT2D eigenvalue weighted by atomic mass is 16.6. The second-order valence-electron chi connectivity index (χ2n) is 5.78. The Labute approximate surface area is 106 Å². The van der Waals surface area contributed by atoms with Crippen LogP contribution in [0.25, 0.3) is 0 Å². The minimum absolute atomic E-state index is 0.128. The van der Waals surface area contributed by atoms with E-state index in [4.69, 9.17) is 9.47 Å². The fourth-order valence-electron chi connectivity index (χ4n) is 1.83. The lowest BCUT2D eigenvalue weighted by molar-refractivity contribution is -0.124. The second kappa shape index (κ2) is 4.20. The minimum Gasteiger partial charge on any atom is -0.356 e. The molecule has 2 aliphatic heterocycles. The monoisotopic (exact) mass is 256 g/mol. The third kappa shape index (κ3) is 2.81. The van der Waals surface area contributed by atoms with E-state index in [1.807, 2.05) is 27.7 Å². The molecule has 2 fully saturated rings. The number of amides is 2. The average Bonchev–Trinajstić information content (AvgIpc) is 3.09. The summed E-state index contributed by atoms with van der Waals surface area (Å²) in [6, 6.07) is 0. The van der Waals surface area contributed by atoms with Crippen LogP contribution in [0, 0.1) is 0 Å². The lowest BCUT2D eigenvalue weighted by Crippen LogP contribution is -2.39. The molecule has 0 spiro atoms. The van der Waals surface area contributed by atoms with Crippen molar-refractivity contribution in [3.8, 4) is 0 Å². The zero-order valence-corrected chi connectivity index (χ0v) is 11.2. The first-order valence-corrected chi connectivity index (χ1v) is 6.15. The van der Waals surface area contributed by atoms with E-state index in [1.54, 1.807) is 0 Å². The van der Waals surface area contributed by atoms with Crippen LogP contribution in [0.5, 0.6) is 0 Å². The largest absolute Gasteiger partial charge is 0.356 e. The van der Waals surface area contributed by atoms with E-state index in [2.05, 4.69) is 10.6 Å². The van der Waals surface area contributed by atoms with Gasteiger partial charge >= 0.3 is 0 Å². The number of hydrogen-bond donors (Lipinski definition) is 2. The van der Waals surface area contributed by atoms with Gasteiger partial charge in [0, 0.05) is 13.1 Å². The van der Waals surface area contributed by atoms with Crippen LogP contribution >= 0.6 is 0 Å². The molecule has 2 atom stereocenters. The number of ether oxygens (including phenoxy) is 2. The van der Waals surface area contributed by atoms with Gasteiger partial charge in [-0.25, -0.2) is 0 Å². The normalized spacial score (nSPS) is 30.4. The van der Waals surface area contributed by atoms with Gasteiger partial charge in [-0.05, 0) is 27.7 Å². The summed E-state index contributed by atoms with van der Waals surface area (Å²) in [5.74, 6) is -0.255. The van der Waals surface area contributed by atoms with Gasteiger partial charge in [-0.2, -0.15) is 0 Å². The fourth-order valence-corrected chi connectivity index (χ4v) is 1.83. The maximum Gasteiger partial charge on any atom is 0.252 e. The molecule has 2 aliphatic rings. The number of carbonyl (C=O) groups excluding carboxylic acids is 2. The van der Waals surface area contributed by atoms with Gasteiger partial charge in [0.25, 0.3) is 11.8 Å². The number of nitrogens with one attached hydrogen (secondary N) is 2. The highest BCUT2D eigenvalue weighted by Gasteiger charge is 2.53. The molecule has 2 amide bonds. The molecule has 0 radical (unpaired) electrons. The molecule has 0 saturated carbocycles. The van der Waals surface area contributed by atoms with E-state index in [0.717, 1.165) is 0 Å². The molecule has 0 aromatic rings. The summed E-state index contributed by atoms with van der Waals surface area (Å²) in [5, 5.41) is 5.43. The second-order valence-corrected chi connectivity index (χ2v) is 5.78. The van der Waals surface area contributed by atoms with Crippen LogP contribution in [0.1, 0.15) is 27.7 Å². The van der Waals surface area contributed by atoms with Crippen LogP contribution in [0.3, 0.4) is 0 Å². The number of rotatable bonds is 5. The fraction of sp³-hybridized carbons (Fsp3) is 0.833. The maximum absolute atomic E-state index is 11.5. The summed E-state index contributed by atoms with van der Waals surface area (Å²) < 4.78 is 10.4. The number of carbonyl (C=O) groups is 2. The molecule has 2 N–H and O–H groups in total. The molecule has 102 valence electrons. The Morgan fingerprint density at radius 2 is 1.17 bits per heavy atom. The number of epoxide rings is 2. The maximum atomic E-state index is 11.5. The molecule has 6 heteroatoms. The smallest absolute Gasteiger partial charge is 0.252 e. The highest BCUT2D eigenvalue weighted by Crippen LogP contribution is 2.35. The lowest BCUT2D eigenvalue weighted by atomic mass is 10.1. The van der Waals surface area contributed by atoms with Crippen LogP contribution in [-0.4, -0.2) is 48.3 Å². The molecular formula is C12H20N2O4. The molecule has 2 unspecified atom stereocenters. The van der Waals surface area contributed by atoms with Crippen LogP contribution in [0.15, 0.2) is 0 Å². The van der Waals surface area contributed by atoms with E-state index in [9.17, 15) is 9.59 Å². The first kappa shape index (κ1) is 13.3. The first-order chi connectivity index (χ1) is 8.24. The van der Waals surface area contributed by atoms with E-state index in [1.165, 1.54) is 0 Å². The molecule has 0 aromatic heterocycles. The summed E-state index contributed by atoms with van der Waals surface area (Å²) in [7, 11) is 0. The van der Waals surface area contributed by atoms with Crippen molar-refractivity contribution in [1.29, 1.82) is 0 Å². The molecule has 0 bridgehead atoms. The quantitative estimate of drug-likeness (QED) is 0.516. The Kier molecular flexibility index (Phi) is 3.11. The van der Waals surface area contributed by atoms with Gasteiger partial charge in [0.05, 0.1) is 11.2 Å². The van der Waals surface area contributed by atoms with Crippen molar-refractivity contribution in [3.05, 3.63) is 0 Å². The predicted molar refractivity (Wildman–Crippen MR) is 63.9 cm³/mol. The number of hydrogen-bond acceptors (Lipinski definition) is 4. The standard InChI is InChI=1S/C12H20N2O4/c1-11(2)7(17-11)9(15)13-5-6-14-10(16)8-12(3,4)18-8/h7-8H,5-6H2,1-4H3,(H,13,15)(H,14,16). The zero-order chi connectivity index (χ0) is 13.6. The summed E-state index contributed by atoms with van der Waals surface area (Å²) in [6.07, 6.45) is -0.724. The molecule has 2 rings (SSSR count). The van der Waals surface area contributed by atoms with E-state index in [0.29, 0.717) is 13.1 Å². The zero-order valence-electron chi connectivity index (χ0n) is 11.2. The highest BCUT2D eigenvalue weighted by molar-refractivity contribution is 5.85. The third-order valence-electron chi connectivity index (χ3n) is 3.19. The van der Waals surface area contributed by atoms with E-state index in [-0.39, 0.29) is 35.2 Å². The van der Waals surface area contributed by atoms with E-state index < -0.39 is 0 Å². The molecule has 0 aliphatic carbocycles. The Bertz CT molecular complexity index is 342. The predicted octanol–water partition coefficient (Wildman–Crippen LogP) is -0.426. The molecule has 0 aromatic carbocycles. The third-order valence-corrected chi connectivity index (χ3v) is 3.19. The molecule has 2 heterocycles. The van der Waals surface area contributed by atoms with Crippen molar-refractivity contribution < 1.29 is 19.1 Å². The van der Waals surface area contributed by atoms with Crippen LogP contribution < -0.4 is 10.6 Å². The summed E-state index contributed by atoms with van der Waals surface area (Å²) >= 11 is 0.